The summed E-state index contributed by atoms with van der Waals surface area (Å²) >= 11 is 0. The van der Waals surface area contributed by atoms with Crippen molar-refractivity contribution < 1.29 is 23.1 Å². The van der Waals surface area contributed by atoms with Crippen molar-refractivity contribution >= 4 is 21.9 Å². The lowest BCUT2D eigenvalue weighted by atomic mass is 9.92. The second-order valence-electron chi connectivity index (χ2n) is 5.51. The molecule has 0 aromatic heterocycles. The Bertz CT molecular complexity index is 864. The van der Waals surface area contributed by atoms with Gasteiger partial charge in [0.15, 0.2) is 6.04 Å². The van der Waals surface area contributed by atoms with E-state index in [1.165, 1.54) is 24.3 Å². The third-order valence-corrected chi connectivity index (χ3v) is 5.87. The molecular formula is C17H15NO5S. The van der Waals surface area contributed by atoms with Crippen LogP contribution in [0.15, 0.2) is 65.6 Å². The van der Waals surface area contributed by atoms with Gasteiger partial charge in [-0.3, -0.25) is 4.79 Å². The van der Waals surface area contributed by atoms with E-state index < -0.39 is 33.9 Å². The molecular weight excluding hydrogens is 330 g/mol. The van der Waals surface area contributed by atoms with Crippen LogP contribution < -0.4 is 0 Å². The number of amides is 1. The number of rotatable bonds is 4. The summed E-state index contributed by atoms with van der Waals surface area (Å²) in [6.07, 6.45) is -0.160. The fourth-order valence-electron chi connectivity index (χ4n) is 2.97. The molecule has 1 amide bonds. The van der Waals surface area contributed by atoms with Gasteiger partial charge in [-0.2, -0.15) is 0 Å². The summed E-state index contributed by atoms with van der Waals surface area (Å²) in [5, 5.41) is 9.59. The van der Waals surface area contributed by atoms with Crippen molar-refractivity contribution in [2.24, 2.45) is 0 Å². The predicted molar refractivity (Wildman–Crippen MR) is 85.7 cm³/mol. The molecule has 7 heteroatoms. The molecule has 0 radical (unpaired) electrons. The first-order valence-corrected chi connectivity index (χ1v) is 8.77. The molecule has 0 spiro atoms. The minimum Gasteiger partial charge on any atom is -0.480 e. The van der Waals surface area contributed by atoms with Crippen LogP contribution in [0.4, 0.5) is 0 Å². The monoisotopic (exact) mass is 345 g/mol. The lowest BCUT2D eigenvalue weighted by Crippen LogP contribution is -2.44. The van der Waals surface area contributed by atoms with Gasteiger partial charge in [0, 0.05) is 12.3 Å². The summed E-state index contributed by atoms with van der Waals surface area (Å²) in [5.41, 5.74) is 0.629. The number of sulfonamides is 1. The van der Waals surface area contributed by atoms with Gasteiger partial charge in [0.25, 0.3) is 10.0 Å². The number of carbonyl (C=O) groups excluding carboxylic acids is 1. The van der Waals surface area contributed by atoms with Gasteiger partial charge in [0.1, 0.15) is 0 Å². The van der Waals surface area contributed by atoms with Crippen LogP contribution in [0, 0.1) is 0 Å². The Hall–Kier alpha value is -2.67. The number of hydrogen-bond donors (Lipinski definition) is 1. The molecule has 2 unspecified atom stereocenters. The Morgan fingerprint density at radius 3 is 2.08 bits per heavy atom. The molecule has 6 nitrogen and oxygen atoms in total. The highest BCUT2D eigenvalue weighted by atomic mass is 32.2. The lowest BCUT2D eigenvalue weighted by molar-refractivity contribution is -0.143. The number of benzene rings is 2. The maximum absolute atomic E-state index is 12.8. The third kappa shape index (κ3) is 2.67. The number of hydrogen-bond acceptors (Lipinski definition) is 4. The first-order valence-electron chi connectivity index (χ1n) is 7.33. The van der Waals surface area contributed by atoms with Crippen molar-refractivity contribution in [1.29, 1.82) is 0 Å². The van der Waals surface area contributed by atoms with Gasteiger partial charge in [0.05, 0.1) is 4.90 Å². The van der Waals surface area contributed by atoms with E-state index >= 15 is 0 Å². The van der Waals surface area contributed by atoms with Gasteiger partial charge in [0.2, 0.25) is 5.91 Å². The molecule has 1 heterocycles. The lowest BCUT2D eigenvalue weighted by Gasteiger charge is -2.24. The Morgan fingerprint density at radius 1 is 1.00 bits per heavy atom. The molecule has 1 fully saturated rings. The smallest absolute Gasteiger partial charge is 0.328 e. The maximum Gasteiger partial charge on any atom is 0.328 e. The zero-order valence-electron chi connectivity index (χ0n) is 12.6. The summed E-state index contributed by atoms with van der Waals surface area (Å²) in [6.45, 7) is 0. The number of aliphatic carboxylic acids is 1. The van der Waals surface area contributed by atoms with E-state index in [0.29, 0.717) is 9.87 Å². The molecule has 24 heavy (non-hydrogen) atoms. The van der Waals surface area contributed by atoms with Crippen LogP contribution in [-0.2, 0) is 19.6 Å². The Labute approximate surface area is 139 Å². The largest absolute Gasteiger partial charge is 0.480 e. The normalized spacial score (nSPS) is 21.0. The van der Waals surface area contributed by atoms with Crippen molar-refractivity contribution in [1.82, 2.24) is 4.31 Å². The van der Waals surface area contributed by atoms with Crippen LogP contribution in [-0.4, -0.2) is 35.7 Å². The second-order valence-corrected chi connectivity index (χ2v) is 7.33. The minimum absolute atomic E-state index is 0.0988. The molecule has 1 N–H and O–H groups in total. The van der Waals surface area contributed by atoms with Crippen LogP contribution in [0.1, 0.15) is 17.9 Å². The fourth-order valence-corrected chi connectivity index (χ4v) is 4.58. The summed E-state index contributed by atoms with van der Waals surface area (Å²) < 4.78 is 26.1. The van der Waals surface area contributed by atoms with Crippen LogP contribution >= 0.6 is 0 Å². The summed E-state index contributed by atoms with van der Waals surface area (Å²) in [4.78, 5) is 24.0. The molecule has 124 valence electrons. The molecule has 0 aliphatic carbocycles. The molecule has 2 atom stereocenters. The zero-order chi connectivity index (χ0) is 17.3. The zero-order valence-corrected chi connectivity index (χ0v) is 13.4. The first-order chi connectivity index (χ1) is 11.4. The van der Waals surface area contributed by atoms with E-state index in [9.17, 15) is 23.1 Å². The quantitative estimate of drug-likeness (QED) is 0.913. The van der Waals surface area contributed by atoms with Gasteiger partial charge in [-0.1, -0.05) is 48.5 Å². The number of nitrogens with zero attached hydrogens (tertiary/aromatic N) is 1. The number of carboxylic acid groups (broad SMARTS) is 1. The van der Waals surface area contributed by atoms with Crippen LogP contribution in [0.25, 0.3) is 0 Å². The molecule has 3 rings (SSSR count). The topological polar surface area (TPSA) is 91.8 Å². The van der Waals surface area contributed by atoms with Crippen molar-refractivity contribution in [2.75, 3.05) is 0 Å². The fraction of sp³-hybridized carbons (Fsp3) is 0.176. The summed E-state index contributed by atoms with van der Waals surface area (Å²) in [6, 6.07) is 14.6. The van der Waals surface area contributed by atoms with Gasteiger partial charge in [-0.15, -0.1) is 0 Å². The van der Waals surface area contributed by atoms with E-state index in [4.69, 9.17) is 0 Å². The SMILES string of the molecule is O=C(O)C1C(c2ccccc2)CC(=O)N1S(=O)(=O)c1ccccc1. The van der Waals surface area contributed by atoms with E-state index in [1.807, 2.05) is 0 Å². The van der Waals surface area contributed by atoms with Crippen molar-refractivity contribution in [3.05, 3.63) is 66.2 Å². The predicted octanol–water partition coefficient (Wildman–Crippen LogP) is 1.84. The molecule has 0 bridgehead atoms. The van der Waals surface area contributed by atoms with Crippen LogP contribution in [0.3, 0.4) is 0 Å². The Balaban J connectivity index is 2.08. The molecule has 0 saturated carbocycles. The first kappa shape index (κ1) is 16.2. The molecule has 1 aliphatic heterocycles. The highest BCUT2D eigenvalue weighted by Gasteiger charge is 2.50. The average Bonchev–Trinajstić information content (AvgIpc) is 2.95. The highest BCUT2D eigenvalue weighted by molar-refractivity contribution is 7.89. The third-order valence-electron chi connectivity index (χ3n) is 4.05. The van der Waals surface area contributed by atoms with E-state index in [2.05, 4.69) is 0 Å². The molecule has 1 saturated heterocycles. The Morgan fingerprint density at radius 2 is 1.54 bits per heavy atom. The minimum atomic E-state index is -4.22. The van der Waals surface area contributed by atoms with Crippen LogP contribution in [0.2, 0.25) is 0 Å². The maximum atomic E-state index is 12.8. The van der Waals surface area contributed by atoms with Crippen LogP contribution in [0.5, 0.6) is 0 Å². The standard InChI is InChI=1S/C17H15NO5S/c19-15-11-14(12-7-3-1-4-8-12)16(17(20)21)18(15)24(22,23)13-9-5-2-6-10-13/h1-10,14,16H,11H2,(H,20,21). The Kier molecular flexibility index (Phi) is 4.11. The van der Waals surface area contributed by atoms with Gasteiger partial charge in [-0.25, -0.2) is 17.5 Å². The van der Waals surface area contributed by atoms with E-state index in [0.717, 1.165) is 0 Å². The van der Waals surface area contributed by atoms with E-state index in [1.54, 1.807) is 36.4 Å². The number of carbonyl (C=O) groups is 2. The molecule has 2 aromatic rings. The van der Waals surface area contributed by atoms with Crippen molar-refractivity contribution in [3.8, 4) is 0 Å². The van der Waals surface area contributed by atoms with Gasteiger partial charge in [-0.05, 0) is 17.7 Å². The van der Waals surface area contributed by atoms with Gasteiger partial charge < -0.3 is 5.11 Å². The summed E-state index contributed by atoms with van der Waals surface area (Å²) in [5.74, 6) is -2.76. The molecule has 1 aliphatic rings. The van der Waals surface area contributed by atoms with Gasteiger partial charge >= 0.3 is 5.97 Å². The van der Waals surface area contributed by atoms with Crippen molar-refractivity contribution in [3.63, 3.8) is 0 Å². The highest BCUT2D eigenvalue weighted by Crippen LogP contribution is 2.37. The van der Waals surface area contributed by atoms with E-state index in [-0.39, 0.29) is 11.3 Å². The summed E-state index contributed by atoms with van der Waals surface area (Å²) in [7, 11) is -4.22. The molecule has 2 aromatic carbocycles. The second kappa shape index (κ2) is 6.09. The van der Waals surface area contributed by atoms with Crippen molar-refractivity contribution in [2.45, 2.75) is 23.3 Å². The number of carboxylic acids is 1. The average molecular weight is 345 g/mol.